The molecule has 0 spiro atoms. The molecule has 0 unspecified atom stereocenters. The van der Waals surface area contributed by atoms with Crippen molar-refractivity contribution >= 4 is 15.9 Å². The second-order valence-corrected chi connectivity index (χ2v) is 7.40. The molecule has 22 heavy (non-hydrogen) atoms. The van der Waals surface area contributed by atoms with E-state index in [2.05, 4.69) is 0 Å². The van der Waals surface area contributed by atoms with E-state index in [-0.39, 0.29) is 36.1 Å². The molecule has 8 heteroatoms. The van der Waals surface area contributed by atoms with Gasteiger partial charge >= 0.3 is 0 Å². The van der Waals surface area contributed by atoms with Crippen LogP contribution in [0.1, 0.15) is 5.56 Å². The van der Waals surface area contributed by atoms with Crippen molar-refractivity contribution in [1.82, 2.24) is 4.31 Å². The van der Waals surface area contributed by atoms with Gasteiger partial charge in [-0.1, -0.05) is 0 Å². The molecule has 0 bridgehead atoms. The molecule has 2 N–H and O–H groups in total. The van der Waals surface area contributed by atoms with Crippen LogP contribution >= 0.6 is 0 Å². The maximum absolute atomic E-state index is 13.3. The van der Waals surface area contributed by atoms with Crippen LogP contribution in [0.4, 0.5) is 4.39 Å². The molecule has 1 aliphatic heterocycles. The molecule has 1 fully saturated rings. The summed E-state index contributed by atoms with van der Waals surface area (Å²) in [6.07, 6.45) is 0. The minimum atomic E-state index is -3.79. The Morgan fingerprint density at radius 3 is 2.68 bits per heavy atom. The van der Waals surface area contributed by atoms with Gasteiger partial charge in [0.05, 0.1) is 17.4 Å². The molecule has 1 aliphatic rings. The molecule has 2 rings (SSSR count). The van der Waals surface area contributed by atoms with Crippen molar-refractivity contribution < 1.29 is 22.3 Å². The Hall–Kier alpha value is -1.51. The van der Waals surface area contributed by atoms with Crippen LogP contribution in [0, 0.1) is 24.6 Å². The fourth-order valence-electron chi connectivity index (χ4n) is 2.66. The van der Waals surface area contributed by atoms with Crippen molar-refractivity contribution in [3.8, 4) is 0 Å². The third-order valence-electron chi connectivity index (χ3n) is 3.92. The number of ether oxygens (including phenoxy) is 1. The van der Waals surface area contributed by atoms with E-state index < -0.39 is 27.7 Å². The number of benzene rings is 1. The molecule has 1 saturated heterocycles. The predicted octanol–water partition coefficient (Wildman–Crippen LogP) is 0.503. The first-order chi connectivity index (χ1) is 10.3. The summed E-state index contributed by atoms with van der Waals surface area (Å²) >= 11 is 0. The fourth-order valence-corrected chi connectivity index (χ4v) is 4.27. The van der Waals surface area contributed by atoms with Crippen LogP contribution in [0.3, 0.4) is 0 Å². The summed E-state index contributed by atoms with van der Waals surface area (Å²) < 4.78 is 44.8. The van der Waals surface area contributed by atoms with Crippen LogP contribution < -0.4 is 5.73 Å². The third-order valence-corrected chi connectivity index (χ3v) is 5.75. The number of hydrogen-bond donors (Lipinski definition) is 1. The van der Waals surface area contributed by atoms with Gasteiger partial charge in [-0.05, 0) is 30.7 Å². The SMILES string of the molecule is COC[C@@H]1CN(S(=O)(=O)c2ccc(F)c(C)c2)C[C@H]1C(N)=O. The number of rotatable bonds is 5. The average molecular weight is 330 g/mol. The molecule has 1 amide bonds. The number of amides is 1. The van der Waals surface area contributed by atoms with Gasteiger partial charge in [0.2, 0.25) is 15.9 Å². The maximum atomic E-state index is 13.3. The number of nitrogens with two attached hydrogens (primary N) is 1. The molecule has 0 radical (unpaired) electrons. The van der Waals surface area contributed by atoms with Crippen LogP contribution in [0.25, 0.3) is 0 Å². The lowest BCUT2D eigenvalue weighted by atomic mass is 9.96. The van der Waals surface area contributed by atoms with E-state index in [1.807, 2.05) is 0 Å². The standard InChI is InChI=1S/C14H19FN2O4S/c1-9-5-11(3-4-13(9)15)22(19,20)17-6-10(8-21-2)12(7-17)14(16)18/h3-5,10,12H,6-8H2,1-2H3,(H2,16,18)/t10-,12+/m0/s1. The summed E-state index contributed by atoms with van der Waals surface area (Å²) in [6, 6.07) is 3.63. The smallest absolute Gasteiger partial charge is 0.243 e. The summed E-state index contributed by atoms with van der Waals surface area (Å²) in [6.45, 7) is 1.92. The summed E-state index contributed by atoms with van der Waals surface area (Å²) in [5.41, 5.74) is 5.59. The van der Waals surface area contributed by atoms with Gasteiger partial charge in [0.1, 0.15) is 5.82 Å². The topological polar surface area (TPSA) is 89.7 Å². The van der Waals surface area contributed by atoms with Crippen molar-refractivity contribution in [3.05, 3.63) is 29.6 Å². The van der Waals surface area contributed by atoms with Gasteiger partial charge < -0.3 is 10.5 Å². The zero-order chi connectivity index (χ0) is 16.5. The third kappa shape index (κ3) is 3.13. The first-order valence-electron chi connectivity index (χ1n) is 6.82. The van der Waals surface area contributed by atoms with Crippen molar-refractivity contribution in [2.45, 2.75) is 11.8 Å². The lowest BCUT2D eigenvalue weighted by molar-refractivity contribution is -0.122. The molecular formula is C14H19FN2O4S. The van der Waals surface area contributed by atoms with Crippen LogP contribution in [0.2, 0.25) is 0 Å². The van der Waals surface area contributed by atoms with Crippen molar-refractivity contribution in [2.24, 2.45) is 17.6 Å². The van der Waals surface area contributed by atoms with E-state index in [1.54, 1.807) is 0 Å². The van der Waals surface area contributed by atoms with Gasteiger partial charge in [0.15, 0.2) is 0 Å². The minimum Gasteiger partial charge on any atom is -0.384 e. The van der Waals surface area contributed by atoms with E-state index in [0.29, 0.717) is 0 Å². The number of carbonyl (C=O) groups excluding carboxylic acids is 1. The minimum absolute atomic E-state index is 0.00712. The summed E-state index contributed by atoms with van der Waals surface area (Å²) in [5.74, 6) is -1.88. The van der Waals surface area contributed by atoms with Gasteiger partial charge in [0.25, 0.3) is 0 Å². The van der Waals surface area contributed by atoms with Crippen molar-refractivity contribution in [3.63, 3.8) is 0 Å². The Bertz CT molecular complexity index is 677. The van der Waals surface area contributed by atoms with Crippen LogP contribution in [-0.4, -0.2) is 45.4 Å². The molecule has 6 nitrogen and oxygen atoms in total. The van der Waals surface area contributed by atoms with Gasteiger partial charge in [0, 0.05) is 26.1 Å². The van der Waals surface area contributed by atoms with Crippen molar-refractivity contribution in [2.75, 3.05) is 26.8 Å². The lowest BCUT2D eigenvalue weighted by Gasteiger charge is -2.16. The van der Waals surface area contributed by atoms with E-state index in [4.69, 9.17) is 10.5 Å². The van der Waals surface area contributed by atoms with E-state index in [1.165, 1.54) is 30.5 Å². The molecule has 0 aliphatic carbocycles. The second kappa shape index (κ2) is 6.31. The number of halogens is 1. The van der Waals surface area contributed by atoms with Crippen LogP contribution in [-0.2, 0) is 19.6 Å². The number of aryl methyl sites for hydroxylation is 1. The number of hydrogen-bond acceptors (Lipinski definition) is 4. The monoisotopic (exact) mass is 330 g/mol. The number of primary amides is 1. The van der Waals surface area contributed by atoms with Crippen LogP contribution in [0.15, 0.2) is 23.1 Å². The Balaban J connectivity index is 2.30. The highest BCUT2D eigenvalue weighted by Gasteiger charge is 2.42. The lowest BCUT2D eigenvalue weighted by Crippen LogP contribution is -2.32. The quantitative estimate of drug-likeness (QED) is 0.851. The largest absolute Gasteiger partial charge is 0.384 e. The van der Waals surface area contributed by atoms with E-state index >= 15 is 0 Å². The van der Waals surface area contributed by atoms with Gasteiger partial charge in [-0.15, -0.1) is 0 Å². The van der Waals surface area contributed by atoms with Gasteiger partial charge in [-0.3, -0.25) is 4.79 Å². The highest BCUT2D eigenvalue weighted by Crippen LogP contribution is 2.29. The number of sulfonamides is 1. The average Bonchev–Trinajstić information content (AvgIpc) is 2.87. The number of methoxy groups -OCH3 is 1. The molecule has 2 atom stereocenters. The predicted molar refractivity (Wildman–Crippen MR) is 77.9 cm³/mol. The summed E-state index contributed by atoms with van der Waals surface area (Å²) in [7, 11) is -2.31. The highest BCUT2D eigenvalue weighted by molar-refractivity contribution is 7.89. The zero-order valence-electron chi connectivity index (χ0n) is 12.5. The fraction of sp³-hybridized carbons (Fsp3) is 0.500. The number of carbonyl (C=O) groups is 1. The Morgan fingerprint density at radius 2 is 2.14 bits per heavy atom. The molecule has 1 heterocycles. The molecule has 1 aromatic rings. The maximum Gasteiger partial charge on any atom is 0.243 e. The number of nitrogens with zero attached hydrogens (tertiary/aromatic N) is 1. The van der Waals surface area contributed by atoms with Crippen molar-refractivity contribution in [1.29, 1.82) is 0 Å². The Labute approximate surface area is 129 Å². The normalized spacial score (nSPS) is 22.9. The molecule has 122 valence electrons. The van der Waals surface area contributed by atoms with Gasteiger partial charge in [-0.2, -0.15) is 4.31 Å². The molecule has 1 aromatic carbocycles. The van der Waals surface area contributed by atoms with E-state index in [9.17, 15) is 17.6 Å². The first-order valence-corrected chi connectivity index (χ1v) is 8.26. The Kier molecular flexibility index (Phi) is 4.84. The van der Waals surface area contributed by atoms with Crippen LogP contribution in [0.5, 0.6) is 0 Å². The summed E-state index contributed by atoms with van der Waals surface area (Å²) in [4.78, 5) is 11.5. The van der Waals surface area contributed by atoms with Gasteiger partial charge in [-0.25, -0.2) is 12.8 Å². The zero-order valence-corrected chi connectivity index (χ0v) is 13.3. The molecule has 0 aromatic heterocycles. The van der Waals surface area contributed by atoms with E-state index in [0.717, 1.165) is 6.07 Å². The molecule has 0 saturated carbocycles. The highest BCUT2D eigenvalue weighted by atomic mass is 32.2. The summed E-state index contributed by atoms with van der Waals surface area (Å²) in [5, 5.41) is 0. The first kappa shape index (κ1) is 16.9. The molecular weight excluding hydrogens is 311 g/mol. The second-order valence-electron chi connectivity index (χ2n) is 5.46. The Morgan fingerprint density at radius 1 is 1.45 bits per heavy atom.